The smallest absolute Gasteiger partial charge is 0.136 e. The van der Waals surface area contributed by atoms with Crippen molar-refractivity contribution in [3.63, 3.8) is 0 Å². The molecule has 1 aliphatic heterocycles. The highest BCUT2D eigenvalue weighted by molar-refractivity contribution is 6.13. The van der Waals surface area contributed by atoms with Gasteiger partial charge in [0.05, 0.1) is 33.2 Å². The molecule has 0 saturated heterocycles. The Balaban J connectivity index is 0.939. The highest BCUT2D eigenvalue weighted by Crippen LogP contribution is 2.63. The van der Waals surface area contributed by atoms with Crippen LogP contribution >= 0.6 is 0 Å². The Morgan fingerprint density at radius 2 is 0.896 bits per heavy atom. The third kappa shape index (κ3) is 5.54. The van der Waals surface area contributed by atoms with Gasteiger partial charge in [0, 0.05) is 38.5 Å². The van der Waals surface area contributed by atoms with Gasteiger partial charge in [0.2, 0.25) is 0 Å². The molecule has 1 atom stereocenters. The number of fused-ring (bicyclic) bond motifs is 18. The van der Waals surface area contributed by atoms with Crippen LogP contribution in [0.15, 0.2) is 283 Å². The maximum atomic E-state index is 6.42. The van der Waals surface area contributed by atoms with Crippen molar-refractivity contribution in [2.24, 2.45) is 0 Å². The minimum atomic E-state index is -0.617. The van der Waals surface area contributed by atoms with Crippen molar-refractivity contribution in [2.45, 2.75) is 10.8 Å². The highest BCUT2D eigenvalue weighted by Gasteiger charge is 2.52. The molecule has 1 unspecified atom stereocenters. The van der Waals surface area contributed by atoms with Gasteiger partial charge in [0.15, 0.2) is 0 Å². The SMILES string of the molecule is c1ccc(C2(c3ccccc3)c3ccccc3-c3c(N(c4ccc(-c5ccc6c(c5)oc5ccccc56)cc4)c4ccc5c(c4)C4(c6ccccc6-5)c5ccccc5-n5c6ccccc6c6cccc4c65)cccc32)cc1. The summed E-state index contributed by atoms with van der Waals surface area (Å²) in [5.74, 6) is 0. The summed E-state index contributed by atoms with van der Waals surface area (Å²) in [6, 6.07) is 104. The molecule has 3 aliphatic rings. The molecule has 77 heavy (non-hydrogen) atoms. The first-order valence-corrected chi connectivity index (χ1v) is 26.7. The maximum absolute atomic E-state index is 6.42. The summed E-state index contributed by atoms with van der Waals surface area (Å²) in [5, 5.41) is 4.80. The van der Waals surface area contributed by atoms with Crippen molar-refractivity contribution in [1.29, 1.82) is 0 Å². The molecule has 3 heteroatoms. The summed E-state index contributed by atoms with van der Waals surface area (Å²) in [6.45, 7) is 0. The van der Waals surface area contributed by atoms with E-state index in [1.807, 2.05) is 12.1 Å². The van der Waals surface area contributed by atoms with E-state index in [0.29, 0.717) is 0 Å². The zero-order chi connectivity index (χ0) is 50.4. The average molecular weight is 979 g/mol. The van der Waals surface area contributed by atoms with Crippen LogP contribution in [0.1, 0.15) is 44.5 Å². The second-order valence-corrected chi connectivity index (χ2v) is 21.0. The van der Waals surface area contributed by atoms with E-state index in [-0.39, 0.29) is 0 Å². The van der Waals surface area contributed by atoms with Gasteiger partial charge < -0.3 is 13.9 Å². The van der Waals surface area contributed by atoms with Crippen LogP contribution in [0.2, 0.25) is 0 Å². The Morgan fingerprint density at radius 3 is 1.70 bits per heavy atom. The van der Waals surface area contributed by atoms with Crippen LogP contribution in [0.3, 0.4) is 0 Å². The molecule has 0 fully saturated rings. The molecule has 358 valence electrons. The Hall–Kier alpha value is -9.96. The van der Waals surface area contributed by atoms with Gasteiger partial charge in [0.25, 0.3) is 0 Å². The summed E-state index contributed by atoms with van der Waals surface area (Å²) >= 11 is 0. The van der Waals surface area contributed by atoms with Crippen molar-refractivity contribution < 1.29 is 4.42 Å². The molecule has 0 amide bonds. The number of para-hydroxylation sites is 4. The molecule has 12 aromatic carbocycles. The van der Waals surface area contributed by atoms with E-state index < -0.39 is 10.8 Å². The van der Waals surface area contributed by atoms with Crippen molar-refractivity contribution >= 4 is 60.8 Å². The number of hydrogen-bond donors (Lipinski definition) is 0. The lowest BCUT2D eigenvalue weighted by Crippen LogP contribution is -2.33. The average Bonchev–Trinajstić information content (AvgIpc) is 4.31. The van der Waals surface area contributed by atoms with E-state index in [1.165, 1.54) is 94.3 Å². The second-order valence-electron chi connectivity index (χ2n) is 21.0. The van der Waals surface area contributed by atoms with Crippen LogP contribution in [0.5, 0.6) is 0 Å². The minimum Gasteiger partial charge on any atom is -0.456 e. The summed E-state index contributed by atoms with van der Waals surface area (Å²) < 4.78 is 8.95. The normalized spacial score (nSPS) is 15.2. The summed E-state index contributed by atoms with van der Waals surface area (Å²) in [6.07, 6.45) is 0. The fourth-order valence-corrected chi connectivity index (χ4v) is 14.5. The van der Waals surface area contributed by atoms with Gasteiger partial charge in [-0.3, -0.25) is 0 Å². The molecule has 2 aromatic heterocycles. The van der Waals surface area contributed by atoms with Crippen LogP contribution < -0.4 is 4.90 Å². The molecule has 0 bridgehead atoms. The molecule has 1 spiro atoms. The maximum Gasteiger partial charge on any atom is 0.136 e. The predicted octanol–water partition coefficient (Wildman–Crippen LogP) is 18.9. The molecule has 3 nitrogen and oxygen atoms in total. The number of aromatic nitrogens is 1. The van der Waals surface area contributed by atoms with Crippen molar-refractivity contribution in [1.82, 2.24) is 4.57 Å². The third-order valence-corrected chi connectivity index (χ3v) is 17.5. The Kier molecular flexibility index (Phi) is 8.69. The predicted molar refractivity (Wildman–Crippen MR) is 316 cm³/mol. The van der Waals surface area contributed by atoms with Crippen LogP contribution in [0.4, 0.5) is 17.1 Å². The number of nitrogens with zero attached hydrogens (tertiary/aromatic N) is 2. The first-order valence-electron chi connectivity index (χ1n) is 26.7. The van der Waals surface area contributed by atoms with Crippen LogP contribution in [-0.4, -0.2) is 4.57 Å². The van der Waals surface area contributed by atoms with E-state index >= 15 is 0 Å². The van der Waals surface area contributed by atoms with E-state index in [9.17, 15) is 0 Å². The van der Waals surface area contributed by atoms with Crippen molar-refractivity contribution in [3.8, 4) is 39.1 Å². The second kappa shape index (κ2) is 15.8. The number of furan rings is 1. The van der Waals surface area contributed by atoms with Gasteiger partial charge in [0.1, 0.15) is 11.2 Å². The zero-order valence-electron chi connectivity index (χ0n) is 41.9. The largest absolute Gasteiger partial charge is 0.456 e. The van der Waals surface area contributed by atoms with Gasteiger partial charge in [-0.2, -0.15) is 0 Å². The highest BCUT2D eigenvalue weighted by atomic mass is 16.3. The fraction of sp³-hybridized carbons (Fsp3) is 0.0270. The fourth-order valence-electron chi connectivity index (χ4n) is 14.5. The lowest BCUT2D eigenvalue weighted by molar-refractivity contribution is 0.669. The Morgan fingerprint density at radius 1 is 0.325 bits per heavy atom. The van der Waals surface area contributed by atoms with Crippen LogP contribution in [0, 0.1) is 0 Å². The minimum absolute atomic E-state index is 0.568. The van der Waals surface area contributed by atoms with Gasteiger partial charge >= 0.3 is 0 Å². The lowest BCUT2D eigenvalue weighted by atomic mass is 9.65. The van der Waals surface area contributed by atoms with Gasteiger partial charge in [-0.25, -0.2) is 0 Å². The number of anilines is 3. The summed E-state index contributed by atoms with van der Waals surface area (Å²) in [4.78, 5) is 2.54. The number of rotatable bonds is 6. The van der Waals surface area contributed by atoms with Crippen LogP contribution in [0.25, 0.3) is 82.8 Å². The number of hydrogen-bond acceptors (Lipinski definition) is 2. The van der Waals surface area contributed by atoms with E-state index in [0.717, 1.165) is 50.1 Å². The standard InChI is InChI=1S/C74H46N2O/c1-3-19-49(20-4-1)73(50-21-5-2-6-22-50)61-29-12-8-26-59(61)71-63(73)31-18-35-68(71)75(51-40-37-47(38-41-51)48-39-43-57-56-25-10-16-36-69(56)77-70(57)45-48)52-42-44-54-53-23-7-11-28-60(53)74(65(54)46-52)62-30-13-15-34-67(62)76-66-33-14-9-24-55(66)58-27-17-32-64(74)72(58)76/h1-46H. The van der Waals surface area contributed by atoms with Gasteiger partial charge in [-0.15, -0.1) is 0 Å². The molecular formula is C74H46N2O. The lowest BCUT2D eigenvalue weighted by Gasteiger charge is -2.40. The third-order valence-electron chi connectivity index (χ3n) is 17.5. The molecule has 0 N–H and O–H groups in total. The van der Waals surface area contributed by atoms with Crippen LogP contribution in [-0.2, 0) is 10.8 Å². The quantitative estimate of drug-likeness (QED) is 0.166. The topological polar surface area (TPSA) is 21.3 Å². The zero-order valence-corrected chi connectivity index (χ0v) is 41.9. The van der Waals surface area contributed by atoms with Gasteiger partial charge in [-0.1, -0.05) is 218 Å². The van der Waals surface area contributed by atoms with E-state index in [4.69, 9.17) is 4.42 Å². The summed E-state index contributed by atoms with van der Waals surface area (Å²) in [5.41, 5.74) is 25.0. The first kappa shape index (κ1) is 42.4. The van der Waals surface area contributed by atoms with E-state index in [2.05, 4.69) is 276 Å². The molecule has 0 saturated carbocycles. The molecule has 2 aliphatic carbocycles. The molecule has 3 heterocycles. The number of benzene rings is 12. The monoisotopic (exact) mass is 978 g/mol. The molecular weight excluding hydrogens is 933 g/mol. The van der Waals surface area contributed by atoms with Crippen molar-refractivity contribution in [3.05, 3.63) is 324 Å². The molecule has 14 aromatic rings. The Labute approximate surface area is 445 Å². The Bertz CT molecular complexity index is 4710. The van der Waals surface area contributed by atoms with Crippen molar-refractivity contribution in [2.75, 3.05) is 4.90 Å². The summed E-state index contributed by atoms with van der Waals surface area (Å²) in [7, 11) is 0. The van der Waals surface area contributed by atoms with E-state index in [1.54, 1.807) is 0 Å². The molecule has 0 radical (unpaired) electrons. The first-order chi connectivity index (χ1) is 38.2. The van der Waals surface area contributed by atoms with Gasteiger partial charge in [-0.05, 0) is 133 Å². The molecule has 17 rings (SSSR count).